The lowest BCUT2D eigenvalue weighted by Gasteiger charge is -2.13. The molecule has 0 saturated carbocycles. The smallest absolute Gasteiger partial charge is 0.0945 e. The molecule has 2 nitrogen and oxygen atoms in total. The summed E-state index contributed by atoms with van der Waals surface area (Å²) in [5, 5.41) is 0. The Morgan fingerprint density at radius 2 is 1.64 bits per heavy atom. The van der Waals surface area contributed by atoms with Crippen LogP contribution in [-0.4, -0.2) is 9.55 Å². The zero-order chi connectivity index (χ0) is 15.4. The van der Waals surface area contributed by atoms with Gasteiger partial charge in [-0.1, -0.05) is 59.3 Å². The molecule has 0 saturated heterocycles. The van der Waals surface area contributed by atoms with Crippen molar-refractivity contribution in [3.63, 3.8) is 0 Å². The molecule has 0 bridgehead atoms. The highest BCUT2D eigenvalue weighted by molar-refractivity contribution is 9.10. The molecule has 1 aromatic heterocycles. The van der Waals surface area contributed by atoms with Gasteiger partial charge in [-0.25, -0.2) is 4.98 Å². The van der Waals surface area contributed by atoms with Crippen LogP contribution in [0.5, 0.6) is 0 Å². The van der Waals surface area contributed by atoms with Crippen LogP contribution in [0.2, 0.25) is 0 Å². The van der Waals surface area contributed by atoms with Crippen LogP contribution in [-0.2, 0) is 6.54 Å². The number of rotatable bonds is 5. The Morgan fingerprint density at radius 1 is 1.00 bits per heavy atom. The molecule has 3 aromatic rings. The Hall–Kier alpha value is -1.87. The fraction of sp³-hybridized carbons (Fsp3) is 0.211. The van der Waals surface area contributed by atoms with E-state index in [2.05, 4.69) is 80.9 Å². The maximum atomic E-state index is 4.08. The van der Waals surface area contributed by atoms with Crippen molar-refractivity contribution < 1.29 is 0 Å². The third-order valence-electron chi connectivity index (χ3n) is 4.04. The van der Waals surface area contributed by atoms with Crippen molar-refractivity contribution in [2.45, 2.75) is 25.8 Å². The number of hydrogen-bond acceptors (Lipinski definition) is 1. The van der Waals surface area contributed by atoms with Crippen LogP contribution in [0.3, 0.4) is 0 Å². The van der Waals surface area contributed by atoms with Crippen LogP contribution in [0.1, 0.15) is 24.8 Å². The van der Waals surface area contributed by atoms with Gasteiger partial charge in [-0.3, -0.25) is 0 Å². The molecule has 3 heteroatoms. The molecule has 1 unspecified atom stereocenters. The molecular weight excluding hydrogens is 336 g/mol. The maximum Gasteiger partial charge on any atom is 0.0945 e. The first-order chi connectivity index (χ1) is 10.7. The minimum Gasteiger partial charge on any atom is -0.337 e. The third-order valence-corrected chi connectivity index (χ3v) is 4.57. The quantitative estimate of drug-likeness (QED) is 0.590. The first-order valence-electron chi connectivity index (χ1n) is 7.54. The normalized spacial score (nSPS) is 12.3. The third kappa shape index (κ3) is 3.66. The maximum absolute atomic E-state index is 4.08. The van der Waals surface area contributed by atoms with E-state index < -0.39 is 0 Å². The first kappa shape index (κ1) is 15.0. The van der Waals surface area contributed by atoms with Gasteiger partial charge < -0.3 is 4.57 Å². The molecule has 0 aliphatic heterocycles. The van der Waals surface area contributed by atoms with Gasteiger partial charge in [0, 0.05) is 23.4 Å². The second kappa shape index (κ2) is 6.93. The molecule has 0 amide bonds. The molecule has 0 N–H and O–H groups in total. The summed E-state index contributed by atoms with van der Waals surface area (Å²) >= 11 is 3.48. The molecule has 0 spiro atoms. The standard InChI is InChI=1S/C19H19BrN2/c1-15(10-12-22-13-11-21-14-22)16-2-4-17(5-3-16)18-6-8-19(20)9-7-18/h2-9,11,13-15H,10,12H2,1H3. The van der Waals surface area contributed by atoms with E-state index >= 15 is 0 Å². The highest BCUT2D eigenvalue weighted by atomic mass is 79.9. The second-order valence-electron chi connectivity index (χ2n) is 5.62. The Balaban J connectivity index is 1.66. The van der Waals surface area contributed by atoms with Gasteiger partial charge >= 0.3 is 0 Å². The molecule has 0 radical (unpaired) electrons. The van der Waals surface area contributed by atoms with E-state index in [1.54, 1.807) is 0 Å². The second-order valence-corrected chi connectivity index (χ2v) is 6.53. The summed E-state index contributed by atoms with van der Waals surface area (Å²) in [6.07, 6.45) is 6.85. The summed E-state index contributed by atoms with van der Waals surface area (Å²) in [4.78, 5) is 4.08. The topological polar surface area (TPSA) is 17.8 Å². The molecule has 1 heterocycles. The van der Waals surface area contributed by atoms with Crippen molar-refractivity contribution in [3.05, 3.63) is 77.3 Å². The molecule has 112 valence electrons. The fourth-order valence-electron chi connectivity index (χ4n) is 2.57. The molecule has 0 aliphatic carbocycles. The van der Waals surface area contributed by atoms with Gasteiger partial charge in [0.2, 0.25) is 0 Å². The van der Waals surface area contributed by atoms with E-state index in [-0.39, 0.29) is 0 Å². The summed E-state index contributed by atoms with van der Waals surface area (Å²) in [5.41, 5.74) is 3.90. The lowest BCUT2D eigenvalue weighted by atomic mass is 9.95. The number of nitrogens with zero attached hydrogens (tertiary/aromatic N) is 2. The summed E-state index contributed by atoms with van der Waals surface area (Å²) < 4.78 is 3.24. The summed E-state index contributed by atoms with van der Waals surface area (Å²) in [6, 6.07) is 17.4. The van der Waals surface area contributed by atoms with Crippen LogP contribution >= 0.6 is 15.9 Å². The monoisotopic (exact) mass is 354 g/mol. The molecule has 2 aromatic carbocycles. The number of benzene rings is 2. The largest absolute Gasteiger partial charge is 0.337 e. The molecule has 3 rings (SSSR count). The number of hydrogen-bond donors (Lipinski definition) is 0. The lowest BCUT2D eigenvalue weighted by molar-refractivity contribution is 0.576. The van der Waals surface area contributed by atoms with E-state index in [9.17, 15) is 0 Å². The minimum absolute atomic E-state index is 0.543. The van der Waals surface area contributed by atoms with E-state index in [0.29, 0.717) is 5.92 Å². The van der Waals surface area contributed by atoms with Crippen molar-refractivity contribution >= 4 is 15.9 Å². The van der Waals surface area contributed by atoms with Crippen LogP contribution in [0.15, 0.2) is 71.7 Å². The Labute approximate surface area is 140 Å². The predicted octanol–water partition coefficient (Wildman–Crippen LogP) is 5.51. The molecule has 22 heavy (non-hydrogen) atoms. The van der Waals surface area contributed by atoms with E-state index in [1.165, 1.54) is 16.7 Å². The summed E-state index contributed by atoms with van der Waals surface area (Å²) in [5.74, 6) is 0.543. The zero-order valence-electron chi connectivity index (χ0n) is 12.6. The number of halogens is 1. The van der Waals surface area contributed by atoms with E-state index in [0.717, 1.165) is 17.4 Å². The van der Waals surface area contributed by atoms with Crippen molar-refractivity contribution in [3.8, 4) is 11.1 Å². The van der Waals surface area contributed by atoms with Crippen LogP contribution in [0.25, 0.3) is 11.1 Å². The summed E-state index contributed by atoms with van der Waals surface area (Å²) in [6.45, 7) is 3.29. The van der Waals surface area contributed by atoms with Gasteiger partial charge in [-0.2, -0.15) is 0 Å². The predicted molar refractivity (Wildman–Crippen MR) is 94.8 cm³/mol. The average Bonchev–Trinajstić information content (AvgIpc) is 3.07. The fourth-order valence-corrected chi connectivity index (χ4v) is 2.84. The zero-order valence-corrected chi connectivity index (χ0v) is 14.2. The van der Waals surface area contributed by atoms with Gasteiger partial charge in [0.15, 0.2) is 0 Å². The molecule has 0 aliphatic rings. The van der Waals surface area contributed by atoms with Crippen molar-refractivity contribution in [1.29, 1.82) is 0 Å². The van der Waals surface area contributed by atoms with Gasteiger partial charge in [0.1, 0.15) is 0 Å². The number of aryl methyl sites for hydroxylation is 1. The van der Waals surface area contributed by atoms with E-state index in [1.807, 2.05) is 18.7 Å². The van der Waals surface area contributed by atoms with Crippen molar-refractivity contribution in [2.75, 3.05) is 0 Å². The Morgan fingerprint density at radius 3 is 2.23 bits per heavy atom. The highest BCUT2D eigenvalue weighted by Crippen LogP contribution is 2.25. The molecule has 0 fully saturated rings. The lowest BCUT2D eigenvalue weighted by Crippen LogP contribution is -2.01. The van der Waals surface area contributed by atoms with Gasteiger partial charge in [-0.05, 0) is 41.2 Å². The van der Waals surface area contributed by atoms with Gasteiger partial charge in [0.25, 0.3) is 0 Å². The molecule has 1 atom stereocenters. The minimum atomic E-state index is 0.543. The first-order valence-corrected chi connectivity index (χ1v) is 8.33. The van der Waals surface area contributed by atoms with Gasteiger partial charge in [-0.15, -0.1) is 0 Å². The number of aromatic nitrogens is 2. The summed E-state index contributed by atoms with van der Waals surface area (Å²) in [7, 11) is 0. The van der Waals surface area contributed by atoms with Crippen LogP contribution < -0.4 is 0 Å². The SMILES string of the molecule is CC(CCn1ccnc1)c1ccc(-c2ccc(Br)cc2)cc1. The Kier molecular flexibility index (Phi) is 4.74. The Bertz CT molecular complexity index is 700. The highest BCUT2D eigenvalue weighted by Gasteiger charge is 2.06. The van der Waals surface area contributed by atoms with Crippen molar-refractivity contribution in [2.24, 2.45) is 0 Å². The van der Waals surface area contributed by atoms with Crippen molar-refractivity contribution in [1.82, 2.24) is 9.55 Å². The molecular formula is C19H19BrN2. The number of imidazole rings is 1. The van der Waals surface area contributed by atoms with E-state index in [4.69, 9.17) is 0 Å². The van der Waals surface area contributed by atoms with Crippen LogP contribution in [0.4, 0.5) is 0 Å². The van der Waals surface area contributed by atoms with Crippen LogP contribution in [0, 0.1) is 0 Å². The average molecular weight is 355 g/mol. The van der Waals surface area contributed by atoms with Gasteiger partial charge in [0.05, 0.1) is 6.33 Å².